The van der Waals surface area contributed by atoms with Gasteiger partial charge in [-0.05, 0) is 32.4 Å². The summed E-state index contributed by atoms with van der Waals surface area (Å²) in [5, 5.41) is 10.6. The van der Waals surface area contributed by atoms with Gasteiger partial charge in [0.15, 0.2) is 0 Å². The summed E-state index contributed by atoms with van der Waals surface area (Å²) in [5.41, 5.74) is 0.908. The molecule has 112 valence electrons. The molecule has 2 rings (SSSR count). The lowest BCUT2D eigenvalue weighted by Crippen LogP contribution is -2.36. The summed E-state index contributed by atoms with van der Waals surface area (Å²) in [5.74, 6) is 0.810. The Bertz CT molecular complexity index is 402. The molecule has 1 unspecified atom stereocenters. The van der Waals surface area contributed by atoms with Crippen LogP contribution in [0.15, 0.2) is 24.3 Å². The van der Waals surface area contributed by atoms with E-state index in [0.29, 0.717) is 19.2 Å². The Labute approximate surface area is 122 Å². The van der Waals surface area contributed by atoms with Crippen molar-refractivity contribution >= 4 is 0 Å². The number of likely N-dealkylation sites (N-methyl/N-ethyl adjacent to an activating group) is 1. The Morgan fingerprint density at radius 2 is 1.95 bits per heavy atom. The van der Waals surface area contributed by atoms with Crippen LogP contribution in [-0.4, -0.2) is 35.7 Å². The molecule has 1 aromatic carbocycles. The van der Waals surface area contributed by atoms with Crippen LogP contribution in [0.4, 0.5) is 0 Å². The molecule has 1 saturated carbocycles. The van der Waals surface area contributed by atoms with Crippen LogP contribution in [0.2, 0.25) is 0 Å². The first-order chi connectivity index (χ1) is 9.76. The van der Waals surface area contributed by atoms with Crippen molar-refractivity contribution < 1.29 is 9.84 Å². The lowest BCUT2D eigenvalue weighted by Gasteiger charge is -2.30. The predicted molar refractivity (Wildman–Crippen MR) is 82.1 cm³/mol. The van der Waals surface area contributed by atoms with E-state index in [9.17, 15) is 5.11 Å². The van der Waals surface area contributed by atoms with Gasteiger partial charge < -0.3 is 9.84 Å². The highest BCUT2D eigenvalue weighted by Crippen LogP contribution is 2.29. The number of hydrogen-bond acceptors (Lipinski definition) is 3. The fourth-order valence-electron chi connectivity index (χ4n) is 3.17. The highest BCUT2D eigenvalue weighted by atomic mass is 16.5. The standard InChI is InChI=1S/C17H27NO2/c1-3-18(14-9-5-6-10-14)13-16(19)15-11-7-8-12-17(15)20-4-2/h7-8,11-12,14,16,19H,3-6,9-10,13H2,1-2H3. The molecule has 0 bridgehead atoms. The van der Waals surface area contributed by atoms with Crippen LogP contribution < -0.4 is 4.74 Å². The van der Waals surface area contributed by atoms with E-state index in [4.69, 9.17) is 4.74 Å². The molecule has 0 aliphatic heterocycles. The molecule has 20 heavy (non-hydrogen) atoms. The Morgan fingerprint density at radius 1 is 1.25 bits per heavy atom. The topological polar surface area (TPSA) is 32.7 Å². The van der Waals surface area contributed by atoms with Crippen molar-refractivity contribution in [2.75, 3.05) is 19.7 Å². The van der Waals surface area contributed by atoms with E-state index in [1.54, 1.807) is 0 Å². The van der Waals surface area contributed by atoms with Crippen molar-refractivity contribution in [1.29, 1.82) is 0 Å². The minimum atomic E-state index is -0.474. The van der Waals surface area contributed by atoms with Crippen molar-refractivity contribution in [3.8, 4) is 5.75 Å². The molecule has 1 aromatic rings. The molecule has 1 atom stereocenters. The number of benzene rings is 1. The fourth-order valence-corrected chi connectivity index (χ4v) is 3.17. The Balaban J connectivity index is 2.04. The maximum Gasteiger partial charge on any atom is 0.125 e. The zero-order chi connectivity index (χ0) is 14.4. The van der Waals surface area contributed by atoms with Gasteiger partial charge in [0.25, 0.3) is 0 Å². The molecule has 0 radical (unpaired) electrons. The van der Waals surface area contributed by atoms with E-state index in [-0.39, 0.29) is 0 Å². The van der Waals surface area contributed by atoms with E-state index < -0.39 is 6.10 Å². The van der Waals surface area contributed by atoms with Crippen LogP contribution in [0.5, 0.6) is 5.75 Å². The third-order valence-corrected chi connectivity index (χ3v) is 4.23. The van der Waals surface area contributed by atoms with Crippen molar-refractivity contribution in [2.45, 2.75) is 51.7 Å². The SMILES string of the molecule is CCOc1ccccc1C(O)CN(CC)C1CCCC1. The van der Waals surface area contributed by atoms with Crippen LogP contribution in [-0.2, 0) is 0 Å². The highest BCUT2D eigenvalue weighted by Gasteiger charge is 2.24. The highest BCUT2D eigenvalue weighted by molar-refractivity contribution is 5.35. The summed E-state index contributed by atoms with van der Waals surface area (Å²) in [4.78, 5) is 2.42. The van der Waals surface area contributed by atoms with E-state index in [0.717, 1.165) is 17.9 Å². The molecule has 0 saturated heterocycles. The first kappa shape index (κ1) is 15.3. The zero-order valence-corrected chi connectivity index (χ0v) is 12.7. The molecular formula is C17H27NO2. The fraction of sp³-hybridized carbons (Fsp3) is 0.647. The monoisotopic (exact) mass is 277 g/mol. The predicted octanol–water partition coefficient (Wildman–Crippen LogP) is 3.38. The van der Waals surface area contributed by atoms with E-state index in [1.165, 1.54) is 25.7 Å². The first-order valence-electron chi connectivity index (χ1n) is 7.90. The maximum absolute atomic E-state index is 10.6. The van der Waals surface area contributed by atoms with Crippen LogP contribution >= 0.6 is 0 Å². The summed E-state index contributed by atoms with van der Waals surface area (Å²) >= 11 is 0. The Morgan fingerprint density at radius 3 is 2.60 bits per heavy atom. The largest absolute Gasteiger partial charge is 0.493 e. The zero-order valence-electron chi connectivity index (χ0n) is 12.7. The van der Waals surface area contributed by atoms with Gasteiger partial charge in [0.05, 0.1) is 12.7 Å². The minimum absolute atomic E-state index is 0.474. The van der Waals surface area contributed by atoms with Crippen molar-refractivity contribution in [3.05, 3.63) is 29.8 Å². The van der Waals surface area contributed by atoms with Gasteiger partial charge in [-0.25, -0.2) is 0 Å². The molecule has 0 aromatic heterocycles. The molecule has 1 fully saturated rings. The van der Waals surface area contributed by atoms with Gasteiger partial charge in [-0.2, -0.15) is 0 Å². The lowest BCUT2D eigenvalue weighted by atomic mass is 10.1. The molecule has 1 aliphatic rings. The maximum atomic E-state index is 10.6. The van der Waals surface area contributed by atoms with Gasteiger partial charge in [-0.3, -0.25) is 4.90 Å². The van der Waals surface area contributed by atoms with Gasteiger partial charge in [-0.15, -0.1) is 0 Å². The molecule has 0 amide bonds. The second-order valence-electron chi connectivity index (χ2n) is 5.51. The van der Waals surface area contributed by atoms with Gasteiger partial charge in [0.1, 0.15) is 5.75 Å². The average molecular weight is 277 g/mol. The molecule has 0 heterocycles. The van der Waals surface area contributed by atoms with E-state index in [2.05, 4.69) is 11.8 Å². The summed E-state index contributed by atoms with van der Waals surface area (Å²) in [7, 11) is 0. The second-order valence-corrected chi connectivity index (χ2v) is 5.51. The summed E-state index contributed by atoms with van der Waals surface area (Å²) in [6, 6.07) is 8.48. The summed E-state index contributed by atoms with van der Waals surface area (Å²) in [6.45, 7) is 6.48. The third kappa shape index (κ3) is 3.74. The van der Waals surface area contributed by atoms with Gasteiger partial charge >= 0.3 is 0 Å². The van der Waals surface area contributed by atoms with Crippen molar-refractivity contribution in [3.63, 3.8) is 0 Å². The van der Waals surface area contributed by atoms with Gasteiger partial charge in [-0.1, -0.05) is 38.0 Å². The number of para-hydroxylation sites is 1. The quantitative estimate of drug-likeness (QED) is 0.829. The Hall–Kier alpha value is -1.06. The summed E-state index contributed by atoms with van der Waals surface area (Å²) in [6.07, 6.45) is 4.72. The van der Waals surface area contributed by atoms with Crippen LogP contribution in [0, 0.1) is 0 Å². The smallest absolute Gasteiger partial charge is 0.125 e. The van der Waals surface area contributed by atoms with Crippen LogP contribution in [0.3, 0.4) is 0 Å². The molecule has 1 N–H and O–H groups in total. The first-order valence-corrected chi connectivity index (χ1v) is 7.90. The molecule has 0 spiro atoms. The molecule has 1 aliphatic carbocycles. The van der Waals surface area contributed by atoms with Gasteiger partial charge in [0.2, 0.25) is 0 Å². The summed E-state index contributed by atoms with van der Waals surface area (Å²) < 4.78 is 5.62. The third-order valence-electron chi connectivity index (χ3n) is 4.23. The van der Waals surface area contributed by atoms with Gasteiger partial charge in [0, 0.05) is 18.2 Å². The Kier molecular flexibility index (Phi) is 5.86. The van der Waals surface area contributed by atoms with Crippen LogP contribution in [0.1, 0.15) is 51.2 Å². The number of rotatable bonds is 7. The van der Waals surface area contributed by atoms with E-state index >= 15 is 0 Å². The average Bonchev–Trinajstić information content (AvgIpc) is 2.99. The van der Waals surface area contributed by atoms with Crippen molar-refractivity contribution in [2.24, 2.45) is 0 Å². The number of aliphatic hydroxyl groups is 1. The number of ether oxygens (including phenoxy) is 1. The molecule has 3 heteroatoms. The van der Waals surface area contributed by atoms with E-state index in [1.807, 2.05) is 31.2 Å². The second kappa shape index (κ2) is 7.65. The minimum Gasteiger partial charge on any atom is -0.493 e. The molecule has 3 nitrogen and oxygen atoms in total. The number of nitrogens with zero attached hydrogens (tertiary/aromatic N) is 1. The van der Waals surface area contributed by atoms with Crippen LogP contribution in [0.25, 0.3) is 0 Å². The normalized spacial score (nSPS) is 17.6. The molecular weight excluding hydrogens is 250 g/mol. The lowest BCUT2D eigenvalue weighted by molar-refractivity contribution is 0.0891. The number of aliphatic hydroxyl groups excluding tert-OH is 1. The van der Waals surface area contributed by atoms with Crippen molar-refractivity contribution in [1.82, 2.24) is 4.90 Å². The number of hydrogen-bond donors (Lipinski definition) is 1.